The molecule has 0 bridgehead atoms. The van der Waals surface area contributed by atoms with E-state index in [1.165, 1.54) is 18.2 Å². The summed E-state index contributed by atoms with van der Waals surface area (Å²) in [5.74, 6) is -0.553. The van der Waals surface area contributed by atoms with Crippen LogP contribution in [0.2, 0.25) is 5.02 Å². The molecule has 19 heavy (non-hydrogen) atoms. The minimum Gasteiger partial charge on any atom is -0.338 e. The highest BCUT2D eigenvalue weighted by molar-refractivity contribution is 6.31. The van der Waals surface area contributed by atoms with Crippen LogP contribution in [0.3, 0.4) is 0 Å². The van der Waals surface area contributed by atoms with Crippen molar-refractivity contribution in [1.29, 1.82) is 0 Å². The molecule has 0 radical (unpaired) electrons. The molecular formula is C13H17Cl2FN2O. The summed E-state index contributed by atoms with van der Waals surface area (Å²) in [4.78, 5) is 13.8. The summed E-state index contributed by atoms with van der Waals surface area (Å²) in [6.45, 7) is 3.14. The number of halogens is 3. The molecule has 106 valence electrons. The highest BCUT2D eigenvalue weighted by Crippen LogP contribution is 2.23. The molecule has 0 aliphatic carbocycles. The van der Waals surface area contributed by atoms with Gasteiger partial charge in [-0.3, -0.25) is 4.79 Å². The van der Waals surface area contributed by atoms with Gasteiger partial charge in [0.2, 0.25) is 0 Å². The van der Waals surface area contributed by atoms with Gasteiger partial charge in [-0.2, -0.15) is 0 Å². The number of nitrogens with two attached hydrogens (primary N) is 1. The summed E-state index contributed by atoms with van der Waals surface area (Å²) in [7, 11) is 0. The van der Waals surface area contributed by atoms with Crippen LogP contribution in [0.4, 0.5) is 4.39 Å². The van der Waals surface area contributed by atoms with Gasteiger partial charge in [-0.25, -0.2) is 4.39 Å². The van der Waals surface area contributed by atoms with E-state index in [1.54, 1.807) is 4.90 Å². The van der Waals surface area contributed by atoms with E-state index in [0.29, 0.717) is 18.1 Å². The van der Waals surface area contributed by atoms with Crippen LogP contribution in [-0.4, -0.2) is 29.9 Å². The molecule has 1 aliphatic heterocycles. The van der Waals surface area contributed by atoms with Crippen molar-refractivity contribution < 1.29 is 9.18 Å². The standard InChI is InChI=1S/C13H16ClFN2O.ClH/c1-8(16)9-4-5-17(7-9)13(18)11-6-10(14)2-3-12(11)15;/h2-3,6,8-9H,4-5,7,16H2,1H3;1H. The second kappa shape index (κ2) is 6.55. The highest BCUT2D eigenvalue weighted by atomic mass is 35.5. The Balaban J connectivity index is 0.00000180. The maximum absolute atomic E-state index is 13.6. The van der Waals surface area contributed by atoms with E-state index in [0.717, 1.165) is 6.42 Å². The van der Waals surface area contributed by atoms with Crippen LogP contribution in [0.15, 0.2) is 18.2 Å². The summed E-state index contributed by atoms with van der Waals surface area (Å²) in [6.07, 6.45) is 0.867. The number of hydrogen-bond donors (Lipinski definition) is 1. The molecular weight excluding hydrogens is 290 g/mol. The third-order valence-electron chi connectivity index (χ3n) is 3.41. The molecule has 6 heteroatoms. The largest absolute Gasteiger partial charge is 0.338 e. The van der Waals surface area contributed by atoms with Gasteiger partial charge in [0.1, 0.15) is 5.82 Å². The molecule has 2 N–H and O–H groups in total. The molecule has 3 nitrogen and oxygen atoms in total. The van der Waals surface area contributed by atoms with Gasteiger partial charge in [0.05, 0.1) is 5.56 Å². The minimum atomic E-state index is -0.534. The number of rotatable bonds is 2. The van der Waals surface area contributed by atoms with E-state index >= 15 is 0 Å². The normalized spacial score (nSPS) is 20.0. The number of likely N-dealkylation sites (tertiary alicyclic amines) is 1. The van der Waals surface area contributed by atoms with Crippen molar-refractivity contribution in [2.75, 3.05) is 13.1 Å². The number of benzene rings is 1. The van der Waals surface area contributed by atoms with Gasteiger partial charge in [0.15, 0.2) is 0 Å². The molecule has 0 saturated carbocycles. The van der Waals surface area contributed by atoms with Gasteiger partial charge in [-0.05, 0) is 37.5 Å². The molecule has 1 fully saturated rings. The van der Waals surface area contributed by atoms with E-state index in [9.17, 15) is 9.18 Å². The number of nitrogens with zero attached hydrogens (tertiary/aromatic N) is 1. The van der Waals surface area contributed by atoms with Crippen LogP contribution >= 0.6 is 24.0 Å². The molecule has 2 unspecified atom stereocenters. The Hall–Kier alpha value is -0.840. The average Bonchev–Trinajstić information content (AvgIpc) is 2.81. The van der Waals surface area contributed by atoms with Gasteiger partial charge in [0, 0.05) is 24.2 Å². The number of carbonyl (C=O) groups is 1. The second-order valence-electron chi connectivity index (χ2n) is 4.78. The van der Waals surface area contributed by atoms with E-state index in [4.69, 9.17) is 17.3 Å². The summed E-state index contributed by atoms with van der Waals surface area (Å²) in [5.41, 5.74) is 5.85. The fourth-order valence-electron chi connectivity index (χ4n) is 2.23. The van der Waals surface area contributed by atoms with E-state index in [-0.39, 0.29) is 35.8 Å². The maximum atomic E-state index is 13.6. The molecule has 1 aromatic carbocycles. The Bertz CT molecular complexity index is 468. The quantitative estimate of drug-likeness (QED) is 0.913. The first-order valence-corrected chi connectivity index (χ1v) is 6.36. The van der Waals surface area contributed by atoms with Crippen LogP contribution in [0, 0.1) is 11.7 Å². The topological polar surface area (TPSA) is 46.3 Å². The fraction of sp³-hybridized carbons (Fsp3) is 0.462. The third kappa shape index (κ3) is 3.59. The minimum absolute atomic E-state index is 0. The first-order valence-electron chi connectivity index (χ1n) is 5.99. The molecule has 1 amide bonds. The van der Waals surface area contributed by atoms with Crippen molar-refractivity contribution in [2.24, 2.45) is 11.7 Å². The molecule has 1 saturated heterocycles. The lowest BCUT2D eigenvalue weighted by atomic mass is 10.0. The second-order valence-corrected chi connectivity index (χ2v) is 5.22. The van der Waals surface area contributed by atoms with Gasteiger partial charge >= 0.3 is 0 Å². The molecule has 2 rings (SSSR count). The zero-order valence-electron chi connectivity index (χ0n) is 10.6. The molecule has 1 aromatic rings. The van der Waals surface area contributed by atoms with Crippen LogP contribution in [0.25, 0.3) is 0 Å². The lowest BCUT2D eigenvalue weighted by molar-refractivity contribution is 0.0781. The predicted octanol–water partition coefficient (Wildman–Crippen LogP) is 2.71. The maximum Gasteiger partial charge on any atom is 0.256 e. The van der Waals surface area contributed by atoms with Crippen molar-refractivity contribution in [3.8, 4) is 0 Å². The van der Waals surface area contributed by atoms with Crippen LogP contribution < -0.4 is 5.73 Å². The van der Waals surface area contributed by atoms with Crippen LogP contribution in [0.5, 0.6) is 0 Å². The van der Waals surface area contributed by atoms with Crippen molar-refractivity contribution >= 4 is 29.9 Å². The highest BCUT2D eigenvalue weighted by Gasteiger charge is 2.30. The number of carbonyl (C=O) groups excluding carboxylic acids is 1. The lowest BCUT2D eigenvalue weighted by Gasteiger charge is -2.18. The SMILES string of the molecule is CC(N)C1CCN(C(=O)c2cc(Cl)ccc2F)C1.Cl. The zero-order chi connectivity index (χ0) is 13.3. The third-order valence-corrected chi connectivity index (χ3v) is 3.65. The molecule has 1 heterocycles. The van der Waals surface area contributed by atoms with Crippen molar-refractivity contribution in [1.82, 2.24) is 4.90 Å². The molecule has 2 atom stereocenters. The zero-order valence-corrected chi connectivity index (χ0v) is 12.2. The first kappa shape index (κ1) is 16.2. The lowest BCUT2D eigenvalue weighted by Crippen LogP contribution is -2.33. The first-order chi connectivity index (χ1) is 8.49. The Labute approximate surface area is 123 Å². The Morgan fingerprint density at radius 2 is 2.26 bits per heavy atom. The van der Waals surface area contributed by atoms with Gasteiger partial charge in [0.25, 0.3) is 5.91 Å². The van der Waals surface area contributed by atoms with Crippen molar-refractivity contribution in [2.45, 2.75) is 19.4 Å². The Morgan fingerprint density at radius 3 is 2.84 bits per heavy atom. The summed E-state index contributed by atoms with van der Waals surface area (Å²) < 4.78 is 13.6. The smallest absolute Gasteiger partial charge is 0.256 e. The molecule has 1 aliphatic rings. The van der Waals surface area contributed by atoms with Crippen molar-refractivity contribution in [3.05, 3.63) is 34.6 Å². The Kier molecular flexibility index (Phi) is 5.59. The molecule has 0 aromatic heterocycles. The summed E-state index contributed by atoms with van der Waals surface area (Å²) in [6, 6.07) is 4.07. The summed E-state index contributed by atoms with van der Waals surface area (Å²) >= 11 is 5.79. The molecule has 0 spiro atoms. The van der Waals surface area contributed by atoms with Gasteiger partial charge < -0.3 is 10.6 Å². The van der Waals surface area contributed by atoms with E-state index in [2.05, 4.69) is 0 Å². The van der Waals surface area contributed by atoms with Gasteiger partial charge in [-0.1, -0.05) is 11.6 Å². The van der Waals surface area contributed by atoms with Crippen LogP contribution in [0.1, 0.15) is 23.7 Å². The summed E-state index contributed by atoms with van der Waals surface area (Å²) in [5, 5.41) is 0.364. The van der Waals surface area contributed by atoms with E-state index < -0.39 is 5.82 Å². The predicted molar refractivity (Wildman–Crippen MR) is 76.3 cm³/mol. The van der Waals surface area contributed by atoms with Gasteiger partial charge in [-0.15, -0.1) is 12.4 Å². The average molecular weight is 307 g/mol. The number of hydrogen-bond acceptors (Lipinski definition) is 2. The van der Waals surface area contributed by atoms with E-state index in [1.807, 2.05) is 6.92 Å². The van der Waals surface area contributed by atoms with Crippen LogP contribution in [-0.2, 0) is 0 Å². The Morgan fingerprint density at radius 1 is 1.58 bits per heavy atom. The monoisotopic (exact) mass is 306 g/mol. The number of amides is 1. The fourth-order valence-corrected chi connectivity index (χ4v) is 2.40. The van der Waals surface area contributed by atoms with Crippen molar-refractivity contribution in [3.63, 3.8) is 0 Å².